The molecular formula is C102H143N27O16S4. The van der Waals surface area contributed by atoms with Crippen LogP contribution in [0, 0.1) is 28.1 Å². The third-order valence-corrected chi connectivity index (χ3v) is 30.5. The summed E-state index contributed by atoms with van der Waals surface area (Å²) in [5, 5.41) is 78.2. The molecular weight excluding hydrogens is 1990 g/mol. The van der Waals surface area contributed by atoms with E-state index in [9.17, 15) is 38.4 Å². The molecule has 47 heteroatoms. The third kappa shape index (κ3) is 34.0. The number of carbonyl (C=O) groups excluding carboxylic acids is 16. The van der Waals surface area contributed by atoms with Crippen LogP contribution in [0.2, 0.25) is 0 Å². The maximum Gasteiger partial charge on any atom is 0.246 e. The molecule has 2 aliphatic heterocycles. The Balaban J connectivity index is 0.924. The quantitative estimate of drug-likeness (QED) is 0.0147. The fourth-order valence-electron chi connectivity index (χ4n) is 17.9. The average molecular weight is 2130 g/mol. The standard InChI is InChI=1S/C102H143N27O16S4/c1-9-55(4)83(104)97(143)125-72(45-54(2)3)92(138)121-71(32-22-42-114-102(110)111)91(137)126-75(48-62-52-148-81-37-16-12-27-66(62)81)98(144)128-43-23-34-78(128)96(142)124-74(47-61-51-147-80-36-15-11-26-65(61)80)94(140)127-76(49-63-53-149-82-38-17-13-28-67(63)82)99(145)129-44-24-33-77(129)95(141)123-73(46-60-50-146-79-35-14-10-25-64(60)79)93(139)122-70(31-21-41-113-101(108)109)90(136)120-69(30-20-40-112-100(106)107)89(135)119-68(29-18-19-39-103)88(134)118-59(8)87(133)117-58(7)86(132)116-57(6)85(131)115-56(5)84(105)130/h10-17,25-28,35-38,50-59,68-78,83H,9,18-24,29-34,39-49,103-104H2,1-8H3,(H2,105,130)(H,115,131)(H,116,132)(H,117,133)(H,118,134)(H,119,135)(H,120,136)(H,121,138)(H,122,139)(H,123,141)(H,124,142)(H,125,143)(H,126,137)(H,127,140)(H4,106,107,112)(H4,108,109,113)(H4,110,111,114)/t55-,56-,57-,58-,59-,68-,69-,70-,71-,72-,73-,74-,75-,76-,77-,78-,83-/m0/s1. The van der Waals surface area contributed by atoms with Crippen LogP contribution in [0.1, 0.15) is 174 Å². The fourth-order valence-corrected chi connectivity index (χ4v) is 21.8. The van der Waals surface area contributed by atoms with Gasteiger partial charge in [-0.3, -0.25) is 92.9 Å². The number of carbonyl (C=O) groups is 16. The number of hydrogen-bond acceptors (Lipinski definition) is 25. The normalized spacial score (nSPS) is 16.4. The predicted octanol–water partition coefficient (Wildman–Crippen LogP) is 2.00. The van der Waals surface area contributed by atoms with Crippen LogP contribution >= 0.6 is 45.3 Å². The molecule has 0 unspecified atom stereocenters. The van der Waals surface area contributed by atoms with Gasteiger partial charge in [0.15, 0.2) is 17.9 Å². The van der Waals surface area contributed by atoms with Crippen LogP contribution in [0.25, 0.3) is 40.3 Å². The van der Waals surface area contributed by atoms with E-state index in [-0.39, 0.29) is 160 Å². The van der Waals surface area contributed by atoms with E-state index >= 15 is 38.4 Å². The van der Waals surface area contributed by atoms with Gasteiger partial charge in [-0.25, -0.2) is 0 Å². The molecule has 0 aliphatic carbocycles. The van der Waals surface area contributed by atoms with Gasteiger partial charge in [0.25, 0.3) is 0 Å². The maximum atomic E-state index is 16.2. The molecule has 10 rings (SSSR count). The first kappa shape index (κ1) is 117. The van der Waals surface area contributed by atoms with Crippen LogP contribution in [-0.2, 0) is 102 Å². The molecule has 0 spiro atoms. The largest absolute Gasteiger partial charge is 0.370 e. The number of benzene rings is 4. The number of fused-ring (bicyclic) bond motifs is 4. The summed E-state index contributed by atoms with van der Waals surface area (Å²) in [5.74, 6) is -13.9. The highest BCUT2D eigenvalue weighted by Crippen LogP contribution is 2.34. The van der Waals surface area contributed by atoms with Gasteiger partial charge < -0.3 is 129 Å². The van der Waals surface area contributed by atoms with Crippen LogP contribution < -0.4 is 119 Å². The second kappa shape index (κ2) is 56.9. The Kier molecular flexibility index (Phi) is 44.7. The molecule has 0 bridgehead atoms. The van der Waals surface area contributed by atoms with Crippen molar-refractivity contribution in [2.24, 2.45) is 46.2 Å². The summed E-state index contributed by atoms with van der Waals surface area (Å²) in [4.78, 5) is 237. The number of nitrogens with one attached hydrogen (secondary N) is 19. The van der Waals surface area contributed by atoms with E-state index in [4.69, 9.17) is 50.6 Å². The Labute approximate surface area is 880 Å². The number of nitrogens with two attached hydrogens (primary N) is 6. The molecule has 0 radical (unpaired) electrons. The summed E-state index contributed by atoms with van der Waals surface area (Å²) in [6, 6.07) is 8.84. The molecule has 43 nitrogen and oxygen atoms in total. The highest BCUT2D eigenvalue weighted by atomic mass is 32.1. The summed E-state index contributed by atoms with van der Waals surface area (Å²) in [5.41, 5.74) is 37.2. The molecule has 16 amide bonds. The average Bonchev–Trinajstić information content (AvgIpc) is 1.68. The van der Waals surface area contributed by atoms with Crippen LogP contribution in [-0.4, -0.2) is 258 Å². The SMILES string of the molecule is CC[C@H](C)[C@H](N)C(=O)N[C@@H](CC(C)C)C(=O)N[C@@H](CCCNC(=N)N)C(=O)N[C@@H](Cc1csc2ccccc12)C(=O)N1CCC[C@H]1C(=O)N[C@@H](Cc1csc2ccccc12)C(=O)N[C@@H](Cc1csc2ccccc12)C(=O)N1CCC[C@H]1C(=O)N[C@@H](Cc1csc2ccccc12)C(=O)N[C@@H](CCCNC(=N)N)C(=O)N[C@@H](CCCNC(=N)N)C(=O)N[C@@H](CCCCN)C(=O)N[C@@H](C)C(=O)N[C@@H](C)C(=O)N[C@@H](C)C(=O)N[C@@H](C)C(N)=O. The Morgan fingerprint density at radius 3 is 0.946 bits per heavy atom. The van der Waals surface area contributed by atoms with Gasteiger partial charge in [0.05, 0.1) is 6.04 Å². The summed E-state index contributed by atoms with van der Waals surface area (Å²) in [7, 11) is 0. The number of nitrogens with zero attached hydrogens (tertiary/aromatic N) is 2. The number of hydrogen-bond donors (Lipinski definition) is 25. The molecule has 2 fully saturated rings. The maximum absolute atomic E-state index is 16.2. The lowest BCUT2D eigenvalue weighted by Crippen LogP contribution is -2.61. The van der Waals surface area contributed by atoms with Crippen LogP contribution in [0.4, 0.5) is 0 Å². The van der Waals surface area contributed by atoms with Gasteiger partial charge in [0, 0.05) is 77.2 Å². The van der Waals surface area contributed by atoms with E-state index in [1.807, 2.05) is 140 Å². The number of primary amides is 1. The lowest BCUT2D eigenvalue weighted by Gasteiger charge is -2.32. The molecule has 31 N–H and O–H groups in total. The second-order valence-electron chi connectivity index (χ2n) is 38.4. The zero-order valence-electron chi connectivity index (χ0n) is 85.1. The molecule has 4 aromatic carbocycles. The fraction of sp³-hybridized carbons (Fsp3) is 0.500. The first-order chi connectivity index (χ1) is 71.1. The van der Waals surface area contributed by atoms with E-state index in [2.05, 4.69) is 85.1 Å². The van der Waals surface area contributed by atoms with Crippen molar-refractivity contribution < 1.29 is 76.7 Å². The van der Waals surface area contributed by atoms with Gasteiger partial charge in [0.2, 0.25) is 94.5 Å². The number of guanidine groups is 3. The lowest BCUT2D eigenvalue weighted by molar-refractivity contribution is -0.143. The summed E-state index contributed by atoms with van der Waals surface area (Å²) in [6.07, 6.45) is 1.52. The smallest absolute Gasteiger partial charge is 0.246 e. The monoisotopic (exact) mass is 2130 g/mol. The Bertz CT molecular complexity index is 6090. The van der Waals surface area contributed by atoms with Gasteiger partial charge >= 0.3 is 0 Å². The molecule has 0 saturated carbocycles. The first-order valence-corrected chi connectivity index (χ1v) is 54.0. The third-order valence-electron chi connectivity index (χ3n) is 26.5. The second-order valence-corrected chi connectivity index (χ2v) is 42.0. The Morgan fingerprint density at radius 2 is 0.631 bits per heavy atom. The Hall–Kier alpha value is -14.0. The summed E-state index contributed by atoms with van der Waals surface area (Å²) in [6.45, 7) is 13.2. The molecule has 6 heterocycles. The number of rotatable bonds is 57. The number of unbranched alkanes of at least 4 members (excludes halogenated alkanes) is 1. The van der Waals surface area contributed by atoms with Crippen molar-refractivity contribution in [3.05, 3.63) is 141 Å². The number of likely N-dealkylation sites (tertiary alicyclic amines) is 2. The molecule has 2 saturated heterocycles. The van der Waals surface area contributed by atoms with Gasteiger partial charge in [-0.1, -0.05) is 107 Å². The highest BCUT2D eigenvalue weighted by Gasteiger charge is 2.45. The van der Waals surface area contributed by atoms with Crippen molar-refractivity contribution in [1.29, 1.82) is 16.2 Å². The van der Waals surface area contributed by atoms with Crippen molar-refractivity contribution >= 4 is 198 Å². The van der Waals surface area contributed by atoms with Crippen molar-refractivity contribution in [1.82, 2.24) is 94.9 Å². The minimum absolute atomic E-state index is 0.00720. The number of thiophene rings is 4. The van der Waals surface area contributed by atoms with E-state index < -0.39 is 203 Å². The molecule has 4 aromatic heterocycles. The van der Waals surface area contributed by atoms with E-state index in [0.717, 1.165) is 40.3 Å². The zero-order chi connectivity index (χ0) is 108. The molecule has 149 heavy (non-hydrogen) atoms. The Morgan fingerprint density at radius 1 is 0.349 bits per heavy atom. The lowest BCUT2D eigenvalue weighted by atomic mass is 9.97. The van der Waals surface area contributed by atoms with Crippen LogP contribution in [0.5, 0.6) is 0 Å². The molecule has 17 atom stereocenters. The molecule has 8 aromatic rings. The summed E-state index contributed by atoms with van der Waals surface area (Å²) < 4.78 is 3.46. The van der Waals surface area contributed by atoms with Crippen LogP contribution in [0.15, 0.2) is 119 Å². The minimum Gasteiger partial charge on any atom is -0.370 e. The van der Waals surface area contributed by atoms with Gasteiger partial charge in [-0.2, -0.15) is 0 Å². The highest BCUT2D eigenvalue weighted by molar-refractivity contribution is 7.18. The van der Waals surface area contributed by atoms with Crippen molar-refractivity contribution in [3.63, 3.8) is 0 Å². The topological polar surface area (TPSA) is 700 Å². The zero-order valence-corrected chi connectivity index (χ0v) is 88.4. The molecule has 2 aliphatic rings. The van der Waals surface area contributed by atoms with E-state index in [1.165, 1.54) is 82.8 Å². The van der Waals surface area contributed by atoms with E-state index in [1.54, 1.807) is 6.07 Å². The molecule has 806 valence electrons. The minimum atomic E-state index is -1.54. The van der Waals surface area contributed by atoms with Crippen molar-refractivity contribution in [2.75, 3.05) is 39.3 Å². The van der Waals surface area contributed by atoms with Gasteiger partial charge in [-0.05, 0) is 226 Å². The van der Waals surface area contributed by atoms with E-state index in [0.29, 0.717) is 41.5 Å². The van der Waals surface area contributed by atoms with Gasteiger partial charge in [-0.15, -0.1) is 45.3 Å². The number of amides is 16. The first-order valence-electron chi connectivity index (χ1n) is 50.5. The van der Waals surface area contributed by atoms with Crippen LogP contribution in [0.3, 0.4) is 0 Å². The van der Waals surface area contributed by atoms with Crippen molar-refractivity contribution in [2.45, 2.75) is 274 Å². The predicted molar refractivity (Wildman–Crippen MR) is 576 cm³/mol. The van der Waals surface area contributed by atoms with Gasteiger partial charge in [0.1, 0.15) is 90.6 Å². The summed E-state index contributed by atoms with van der Waals surface area (Å²) >= 11 is 5.63. The van der Waals surface area contributed by atoms with Crippen molar-refractivity contribution in [3.8, 4) is 0 Å².